The summed E-state index contributed by atoms with van der Waals surface area (Å²) in [5, 5.41) is 8.06. The van der Waals surface area contributed by atoms with Gasteiger partial charge in [-0.15, -0.1) is 21.9 Å². The zero-order valence-electron chi connectivity index (χ0n) is 34.1. The monoisotopic (exact) mass is 720 g/mol. The number of aromatic nitrogens is 2. The van der Waals surface area contributed by atoms with Gasteiger partial charge >= 0.3 is 0 Å². The number of hydrogen-bond acceptors (Lipinski definition) is 1. The summed E-state index contributed by atoms with van der Waals surface area (Å²) in [6.07, 6.45) is 0.872. The normalized spacial score (nSPS) is 15.6. The van der Waals surface area contributed by atoms with Crippen LogP contribution in [0.3, 0.4) is 0 Å². The first-order valence-electron chi connectivity index (χ1n) is 20.6. The molecule has 1 heterocycles. The SMILES string of the molecule is BC1=C(B)C2C(=C1B)C(c1ccc3cc(-n4c(CC)nc5ccccc54)ccc3c1)=c1c(B)c(B)c(B)c(B)c1=C2c1ccc2c3c(cccc13)-c1ccccc1-2. The van der Waals surface area contributed by atoms with E-state index in [2.05, 4.69) is 182 Å². The Kier molecular flexibility index (Phi) is 7.47. The van der Waals surface area contributed by atoms with Gasteiger partial charge in [0.25, 0.3) is 0 Å². The second-order valence-corrected chi connectivity index (χ2v) is 16.7. The molecule has 0 N–H and O–H groups in total. The number of rotatable bonds is 4. The van der Waals surface area contributed by atoms with E-state index in [1.807, 2.05) is 0 Å². The third-order valence-corrected chi connectivity index (χ3v) is 14.2. The minimum atomic E-state index is 0.161. The van der Waals surface area contributed by atoms with Crippen LogP contribution >= 0.6 is 0 Å². The lowest BCUT2D eigenvalue weighted by molar-refractivity contribution is 0.909. The summed E-state index contributed by atoms with van der Waals surface area (Å²) in [6.45, 7) is 2.19. The van der Waals surface area contributed by atoms with Crippen molar-refractivity contribution in [1.29, 1.82) is 0 Å². The van der Waals surface area contributed by atoms with Crippen LogP contribution in [0.4, 0.5) is 0 Å². The average molecular weight is 720 g/mol. The van der Waals surface area contributed by atoms with E-state index in [4.69, 9.17) is 4.98 Å². The number of para-hydroxylation sites is 2. The molecule has 0 radical (unpaired) electrons. The Morgan fingerprint density at radius 3 is 1.98 bits per heavy atom. The predicted molar refractivity (Wildman–Crippen MR) is 263 cm³/mol. The second-order valence-electron chi connectivity index (χ2n) is 16.7. The molecule has 0 aliphatic heterocycles. The molecule has 262 valence electrons. The summed E-state index contributed by atoms with van der Waals surface area (Å²) in [7, 11) is 16.5. The van der Waals surface area contributed by atoms with E-state index in [1.54, 1.807) is 0 Å². The highest BCUT2D eigenvalue weighted by molar-refractivity contribution is 6.62. The molecular weight excluding hydrogens is 680 g/mol. The van der Waals surface area contributed by atoms with Crippen molar-refractivity contribution >= 4 is 120 Å². The van der Waals surface area contributed by atoms with E-state index in [9.17, 15) is 0 Å². The summed E-state index contributed by atoms with van der Waals surface area (Å²) >= 11 is 0. The summed E-state index contributed by atoms with van der Waals surface area (Å²) in [6, 6.07) is 43.4. The number of allylic oxidation sites excluding steroid dienone is 4. The van der Waals surface area contributed by atoms with Crippen LogP contribution in [0.2, 0.25) is 0 Å². The molecule has 1 unspecified atom stereocenters. The summed E-state index contributed by atoms with van der Waals surface area (Å²) in [5.41, 5.74) is 25.6. The van der Waals surface area contributed by atoms with E-state index in [0.717, 1.165) is 29.0 Å². The van der Waals surface area contributed by atoms with Crippen LogP contribution in [0, 0.1) is 5.92 Å². The Morgan fingerprint density at radius 1 is 0.561 bits per heavy atom. The minimum absolute atomic E-state index is 0.161. The molecule has 11 rings (SSSR count). The fourth-order valence-electron chi connectivity index (χ4n) is 10.8. The Balaban J connectivity index is 1.22. The molecule has 0 spiro atoms. The smallest absolute Gasteiger partial charge is 0.139 e. The number of aryl methyl sites for hydroxylation is 1. The lowest BCUT2D eigenvalue weighted by Gasteiger charge is -2.33. The molecule has 0 fully saturated rings. The molecule has 1 aromatic heterocycles. The Morgan fingerprint density at radius 2 is 1.21 bits per heavy atom. The Bertz CT molecular complexity index is 3340. The van der Waals surface area contributed by atoms with Gasteiger partial charge in [0.05, 0.1) is 11.0 Å². The van der Waals surface area contributed by atoms with Crippen molar-refractivity contribution in [2.45, 2.75) is 13.3 Å². The van der Waals surface area contributed by atoms with Gasteiger partial charge in [-0.05, 0) is 112 Å². The van der Waals surface area contributed by atoms with Crippen LogP contribution in [0.15, 0.2) is 137 Å². The zero-order valence-corrected chi connectivity index (χ0v) is 34.1. The fraction of sp³-hybridized carbons (Fsp3) is 0.0625. The molecule has 7 aromatic carbocycles. The van der Waals surface area contributed by atoms with E-state index in [0.29, 0.717) is 0 Å². The van der Waals surface area contributed by atoms with E-state index < -0.39 is 0 Å². The molecule has 9 heteroatoms. The number of fused-ring (bicyclic) bond motifs is 7. The zero-order chi connectivity index (χ0) is 39.0. The van der Waals surface area contributed by atoms with Gasteiger partial charge in [-0.25, -0.2) is 4.98 Å². The number of hydrogen-bond donors (Lipinski definition) is 0. The van der Waals surface area contributed by atoms with Crippen molar-refractivity contribution in [3.63, 3.8) is 0 Å². The summed E-state index contributed by atoms with van der Waals surface area (Å²) < 4.78 is 2.33. The quantitative estimate of drug-likeness (QED) is 0.234. The lowest BCUT2D eigenvalue weighted by Crippen LogP contribution is -2.66. The highest BCUT2D eigenvalue weighted by atomic mass is 15.1. The molecule has 2 nitrogen and oxygen atoms in total. The predicted octanol–water partition coefficient (Wildman–Crippen LogP) is -0.0183. The van der Waals surface area contributed by atoms with Gasteiger partial charge in [0.1, 0.15) is 60.7 Å². The van der Waals surface area contributed by atoms with Gasteiger partial charge in [0, 0.05) is 18.0 Å². The van der Waals surface area contributed by atoms with Crippen molar-refractivity contribution in [3.05, 3.63) is 165 Å². The molecular formula is C48H39B7N2. The molecule has 3 aliphatic rings. The molecule has 57 heavy (non-hydrogen) atoms. The van der Waals surface area contributed by atoms with Crippen molar-refractivity contribution in [3.8, 4) is 27.9 Å². The number of benzene rings is 7. The number of imidazole rings is 1. The second kappa shape index (κ2) is 12.4. The van der Waals surface area contributed by atoms with Crippen LogP contribution < -0.4 is 32.3 Å². The molecule has 0 saturated heterocycles. The van der Waals surface area contributed by atoms with Crippen LogP contribution in [0.5, 0.6) is 0 Å². The van der Waals surface area contributed by atoms with Crippen molar-refractivity contribution in [2.75, 3.05) is 0 Å². The molecule has 3 aliphatic carbocycles. The number of nitrogens with zero attached hydrogens (tertiary/aromatic N) is 2. The largest absolute Gasteiger partial charge is 0.296 e. The van der Waals surface area contributed by atoms with Crippen LogP contribution in [-0.4, -0.2) is 64.5 Å². The van der Waals surface area contributed by atoms with Gasteiger partial charge in [0.2, 0.25) is 0 Å². The van der Waals surface area contributed by atoms with Crippen molar-refractivity contribution in [1.82, 2.24) is 9.55 Å². The lowest BCUT2D eigenvalue weighted by atomic mass is 9.60. The van der Waals surface area contributed by atoms with Crippen LogP contribution in [-0.2, 0) is 6.42 Å². The first-order valence-corrected chi connectivity index (χ1v) is 20.6. The maximum Gasteiger partial charge on any atom is 0.139 e. The van der Waals surface area contributed by atoms with E-state index in [1.165, 1.54) is 120 Å². The third kappa shape index (κ3) is 4.60. The minimum Gasteiger partial charge on any atom is -0.296 e. The molecule has 8 aromatic rings. The fourth-order valence-corrected chi connectivity index (χ4v) is 10.8. The van der Waals surface area contributed by atoms with Crippen molar-refractivity contribution in [2.24, 2.45) is 5.92 Å². The summed E-state index contributed by atoms with van der Waals surface area (Å²) in [5.74, 6) is 1.25. The van der Waals surface area contributed by atoms with Gasteiger partial charge in [-0.3, -0.25) is 4.57 Å². The molecule has 0 bridgehead atoms. The van der Waals surface area contributed by atoms with Crippen LogP contribution in [0.25, 0.3) is 71.7 Å². The maximum atomic E-state index is 4.98. The summed E-state index contributed by atoms with van der Waals surface area (Å²) in [4.78, 5) is 4.98. The Hall–Kier alpha value is -5.80. The average Bonchev–Trinajstić information content (AvgIpc) is 3.86. The molecule has 1 atom stereocenters. The molecule has 0 amide bonds. The van der Waals surface area contributed by atoms with Gasteiger partial charge in [-0.1, -0.05) is 108 Å². The standard InChI is InChI=1S/C48H39B7N2/c1-2-34-56-32-12-5-6-13-33(32)57(34)25-17-16-22-20-24(15-14-23(22)21-25)35-38-40(44(51)46(53)42(38)49)37(41-39(35)43(50)47(54)48(55)45(41)52)31-19-18-30-27-9-4-3-8-26(27)28-10-7-11-29(31)36(28)30/h3-21,40H,2,49-55H2,1H3. The van der Waals surface area contributed by atoms with Crippen LogP contribution in [0.1, 0.15) is 23.9 Å². The van der Waals surface area contributed by atoms with Gasteiger partial charge < -0.3 is 0 Å². The molecule has 0 saturated carbocycles. The third-order valence-electron chi connectivity index (χ3n) is 14.2. The first kappa shape index (κ1) is 34.5. The van der Waals surface area contributed by atoms with E-state index in [-0.39, 0.29) is 5.92 Å². The van der Waals surface area contributed by atoms with E-state index >= 15 is 0 Å². The Labute approximate surface area is 340 Å². The first-order chi connectivity index (χ1) is 27.7. The van der Waals surface area contributed by atoms with Gasteiger partial charge in [-0.2, -0.15) is 0 Å². The van der Waals surface area contributed by atoms with Gasteiger partial charge in [0.15, 0.2) is 0 Å². The highest BCUT2D eigenvalue weighted by Gasteiger charge is 2.38. The topological polar surface area (TPSA) is 17.8 Å². The highest BCUT2D eigenvalue weighted by Crippen LogP contribution is 2.52. The maximum absolute atomic E-state index is 4.98. The van der Waals surface area contributed by atoms with Crippen molar-refractivity contribution < 1.29 is 0 Å².